The monoisotopic (exact) mass is 332 g/mol. The normalized spacial score (nSPS) is 16.2. The second-order valence-corrected chi connectivity index (χ2v) is 6.65. The number of rotatable bonds is 5. The van der Waals surface area contributed by atoms with Gasteiger partial charge in [-0.15, -0.1) is 0 Å². The molecule has 3 aromatic rings. The molecule has 0 saturated carbocycles. The first-order valence-corrected chi connectivity index (χ1v) is 8.95. The zero-order valence-electron chi connectivity index (χ0n) is 14.4. The van der Waals surface area contributed by atoms with Gasteiger partial charge in [0.25, 0.3) is 0 Å². The van der Waals surface area contributed by atoms with Crippen molar-refractivity contribution in [2.75, 3.05) is 26.2 Å². The van der Waals surface area contributed by atoms with Crippen molar-refractivity contribution in [3.8, 4) is 11.1 Å². The molecule has 1 saturated heterocycles. The molecule has 4 nitrogen and oxygen atoms in total. The molecule has 4 rings (SSSR count). The van der Waals surface area contributed by atoms with E-state index in [1.807, 2.05) is 6.20 Å². The second-order valence-electron chi connectivity index (χ2n) is 6.65. The van der Waals surface area contributed by atoms with Crippen LogP contribution in [0.4, 0.5) is 0 Å². The van der Waals surface area contributed by atoms with E-state index in [4.69, 9.17) is 0 Å². The standard InChI is InChI=1S/C21H24N4/c1-3-7-18(8-4-1)16-24-11-13-25(14-12-24)17-21-20(15-22-23-21)19-9-5-2-6-10-19/h1-10,15H,11-14,16-17H2,(H,22,23). The van der Waals surface area contributed by atoms with Crippen LogP contribution >= 0.6 is 0 Å². The van der Waals surface area contributed by atoms with Gasteiger partial charge < -0.3 is 0 Å². The number of hydrogen-bond acceptors (Lipinski definition) is 3. The first-order valence-electron chi connectivity index (χ1n) is 8.95. The SMILES string of the molecule is c1ccc(CN2CCN(Cc3n[nH]cc3-c3ccccc3)CC2)cc1. The Balaban J connectivity index is 1.34. The molecular weight excluding hydrogens is 308 g/mol. The molecule has 4 heteroatoms. The second kappa shape index (κ2) is 7.64. The van der Waals surface area contributed by atoms with Crippen molar-refractivity contribution < 1.29 is 0 Å². The minimum atomic E-state index is 0.910. The topological polar surface area (TPSA) is 35.2 Å². The number of nitrogens with zero attached hydrogens (tertiary/aromatic N) is 3. The van der Waals surface area contributed by atoms with E-state index in [9.17, 15) is 0 Å². The third-order valence-electron chi connectivity index (χ3n) is 4.89. The lowest BCUT2D eigenvalue weighted by atomic mass is 10.1. The predicted molar refractivity (Wildman–Crippen MR) is 101 cm³/mol. The van der Waals surface area contributed by atoms with Gasteiger partial charge in [0, 0.05) is 51.0 Å². The molecule has 0 aliphatic carbocycles. The number of aromatic nitrogens is 2. The summed E-state index contributed by atoms with van der Waals surface area (Å²) in [5.74, 6) is 0. The van der Waals surface area contributed by atoms with E-state index >= 15 is 0 Å². The van der Waals surface area contributed by atoms with E-state index in [0.717, 1.165) is 45.0 Å². The van der Waals surface area contributed by atoms with Crippen LogP contribution in [0.15, 0.2) is 66.9 Å². The van der Waals surface area contributed by atoms with Gasteiger partial charge >= 0.3 is 0 Å². The lowest BCUT2D eigenvalue weighted by Gasteiger charge is -2.34. The Labute approximate surface area is 149 Å². The van der Waals surface area contributed by atoms with Gasteiger partial charge in [-0.1, -0.05) is 60.7 Å². The minimum Gasteiger partial charge on any atom is -0.297 e. The number of nitrogens with one attached hydrogen (secondary N) is 1. The van der Waals surface area contributed by atoms with Crippen LogP contribution in [0.2, 0.25) is 0 Å². The fourth-order valence-electron chi connectivity index (χ4n) is 3.47. The summed E-state index contributed by atoms with van der Waals surface area (Å²) in [6.07, 6.45) is 2.01. The van der Waals surface area contributed by atoms with E-state index < -0.39 is 0 Å². The summed E-state index contributed by atoms with van der Waals surface area (Å²) in [7, 11) is 0. The van der Waals surface area contributed by atoms with Crippen LogP contribution in [0.25, 0.3) is 11.1 Å². The van der Waals surface area contributed by atoms with Gasteiger partial charge in [-0.25, -0.2) is 0 Å². The Morgan fingerprint density at radius 3 is 2.04 bits per heavy atom. The zero-order valence-corrected chi connectivity index (χ0v) is 14.4. The Morgan fingerprint density at radius 2 is 1.36 bits per heavy atom. The smallest absolute Gasteiger partial charge is 0.0840 e. The molecule has 1 fully saturated rings. The molecule has 0 spiro atoms. The molecule has 25 heavy (non-hydrogen) atoms. The van der Waals surface area contributed by atoms with Crippen LogP contribution < -0.4 is 0 Å². The van der Waals surface area contributed by atoms with E-state index in [2.05, 4.69) is 80.7 Å². The summed E-state index contributed by atoms with van der Waals surface area (Å²) in [6, 6.07) is 21.2. The highest BCUT2D eigenvalue weighted by atomic mass is 15.3. The molecule has 2 heterocycles. The molecule has 0 amide bonds. The first kappa shape index (κ1) is 16.1. The highest BCUT2D eigenvalue weighted by Crippen LogP contribution is 2.23. The number of H-pyrrole nitrogens is 1. The van der Waals surface area contributed by atoms with Crippen molar-refractivity contribution in [3.63, 3.8) is 0 Å². The number of hydrogen-bond donors (Lipinski definition) is 1. The summed E-state index contributed by atoms with van der Waals surface area (Å²) in [4.78, 5) is 5.04. The van der Waals surface area contributed by atoms with Gasteiger partial charge in [-0.05, 0) is 11.1 Å². The summed E-state index contributed by atoms with van der Waals surface area (Å²) in [6.45, 7) is 6.36. The molecule has 1 aliphatic heterocycles. The van der Waals surface area contributed by atoms with E-state index in [-0.39, 0.29) is 0 Å². The van der Waals surface area contributed by atoms with Crippen LogP contribution in [0.5, 0.6) is 0 Å². The Hall–Kier alpha value is -2.43. The maximum atomic E-state index is 4.49. The summed E-state index contributed by atoms with van der Waals surface area (Å²) in [5.41, 5.74) is 4.98. The maximum absolute atomic E-state index is 4.49. The highest BCUT2D eigenvalue weighted by molar-refractivity contribution is 5.64. The van der Waals surface area contributed by atoms with E-state index in [0.29, 0.717) is 0 Å². The molecule has 1 N–H and O–H groups in total. The third-order valence-corrected chi connectivity index (χ3v) is 4.89. The third kappa shape index (κ3) is 3.98. The average molecular weight is 332 g/mol. The van der Waals surface area contributed by atoms with E-state index in [1.165, 1.54) is 16.7 Å². The van der Waals surface area contributed by atoms with E-state index in [1.54, 1.807) is 0 Å². The Bertz CT molecular complexity index is 774. The lowest BCUT2D eigenvalue weighted by molar-refractivity contribution is 0.121. The molecule has 0 bridgehead atoms. The fraction of sp³-hybridized carbons (Fsp3) is 0.286. The van der Waals surface area contributed by atoms with Gasteiger partial charge in [0.1, 0.15) is 0 Å². The quantitative estimate of drug-likeness (QED) is 0.778. The predicted octanol–water partition coefficient (Wildman–Crippen LogP) is 3.39. The molecule has 0 unspecified atom stereocenters. The molecule has 0 atom stereocenters. The summed E-state index contributed by atoms with van der Waals surface area (Å²) < 4.78 is 0. The van der Waals surface area contributed by atoms with Gasteiger partial charge in [0.2, 0.25) is 0 Å². The largest absolute Gasteiger partial charge is 0.297 e. The Morgan fingerprint density at radius 1 is 0.760 bits per heavy atom. The van der Waals surface area contributed by atoms with Crippen LogP contribution in [0.3, 0.4) is 0 Å². The molecule has 128 valence electrons. The van der Waals surface area contributed by atoms with Crippen molar-refractivity contribution in [2.45, 2.75) is 13.1 Å². The first-order chi connectivity index (χ1) is 12.4. The minimum absolute atomic E-state index is 0.910. The maximum Gasteiger partial charge on any atom is 0.0840 e. The van der Waals surface area contributed by atoms with Crippen molar-refractivity contribution in [3.05, 3.63) is 78.1 Å². The summed E-state index contributed by atoms with van der Waals surface area (Å²) >= 11 is 0. The van der Waals surface area contributed by atoms with Crippen molar-refractivity contribution >= 4 is 0 Å². The van der Waals surface area contributed by atoms with Crippen LogP contribution in [0.1, 0.15) is 11.3 Å². The molecule has 0 radical (unpaired) electrons. The lowest BCUT2D eigenvalue weighted by Crippen LogP contribution is -2.45. The molecule has 1 aromatic heterocycles. The highest BCUT2D eigenvalue weighted by Gasteiger charge is 2.19. The van der Waals surface area contributed by atoms with Gasteiger partial charge in [-0.2, -0.15) is 5.10 Å². The van der Waals surface area contributed by atoms with Crippen LogP contribution in [-0.4, -0.2) is 46.2 Å². The van der Waals surface area contributed by atoms with Crippen molar-refractivity contribution in [1.29, 1.82) is 0 Å². The van der Waals surface area contributed by atoms with Crippen molar-refractivity contribution in [1.82, 2.24) is 20.0 Å². The zero-order chi connectivity index (χ0) is 16.9. The van der Waals surface area contributed by atoms with Crippen LogP contribution in [0, 0.1) is 0 Å². The fourth-order valence-corrected chi connectivity index (χ4v) is 3.47. The molecule has 1 aliphatic rings. The summed E-state index contributed by atoms with van der Waals surface area (Å²) in [5, 5.41) is 7.53. The van der Waals surface area contributed by atoms with Crippen LogP contribution in [-0.2, 0) is 13.1 Å². The molecular formula is C21H24N4. The van der Waals surface area contributed by atoms with Crippen molar-refractivity contribution in [2.24, 2.45) is 0 Å². The van der Waals surface area contributed by atoms with Gasteiger partial charge in [0.05, 0.1) is 5.69 Å². The Kier molecular flexibility index (Phi) is 4.91. The molecule has 2 aromatic carbocycles. The van der Waals surface area contributed by atoms with Gasteiger partial charge in [-0.3, -0.25) is 14.9 Å². The number of aromatic amines is 1. The number of benzene rings is 2. The van der Waals surface area contributed by atoms with Gasteiger partial charge in [0.15, 0.2) is 0 Å². The average Bonchev–Trinajstić information content (AvgIpc) is 3.13. The number of piperazine rings is 1.